The van der Waals surface area contributed by atoms with Crippen LogP contribution in [0.25, 0.3) is 0 Å². The summed E-state index contributed by atoms with van der Waals surface area (Å²) in [6.45, 7) is 2.97. The summed E-state index contributed by atoms with van der Waals surface area (Å²) in [5.74, 6) is -0.731. The minimum Gasteiger partial charge on any atom is -0.488 e. The maximum atomic E-state index is 12.2. The van der Waals surface area contributed by atoms with Crippen molar-refractivity contribution in [2.75, 3.05) is 19.8 Å². The first-order chi connectivity index (χ1) is 11.8. The Morgan fingerprint density at radius 3 is 2.60 bits per heavy atom. The summed E-state index contributed by atoms with van der Waals surface area (Å²) in [7, 11) is 0. The van der Waals surface area contributed by atoms with E-state index in [4.69, 9.17) is 32.7 Å². The van der Waals surface area contributed by atoms with Crippen LogP contribution in [-0.2, 0) is 14.3 Å². The van der Waals surface area contributed by atoms with Gasteiger partial charge in [-0.2, -0.15) is 0 Å². The topological polar surface area (TPSA) is 84.9 Å². The van der Waals surface area contributed by atoms with E-state index in [1.807, 2.05) is 0 Å². The van der Waals surface area contributed by atoms with E-state index in [-0.39, 0.29) is 13.2 Å². The molecule has 0 bridgehead atoms. The highest BCUT2D eigenvalue weighted by Crippen LogP contribution is 2.27. The molecule has 136 valence electrons. The molecule has 1 N–H and O–H groups in total. The molecule has 1 aromatic carbocycles. The quantitative estimate of drug-likeness (QED) is 0.440. The van der Waals surface area contributed by atoms with Crippen LogP contribution in [-0.4, -0.2) is 48.1 Å². The normalized spacial score (nSPS) is 19.8. The molecule has 25 heavy (non-hydrogen) atoms. The first-order valence-corrected chi connectivity index (χ1v) is 8.40. The Morgan fingerprint density at radius 2 is 2.00 bits per heavy atom. The molecule has 1 aliphatic rings. The first-order valence-electron chi connectivity index (χ1n) is 7.64. The van der Waals surface area contributed by atoms with E-state index in [0.29, 0.717) is 22.2 Å². The molecule has 0 aromatic heterocycles. The molecule has 1 aliphatic heterocycles. The number of hydrogen-bond acceptors (Lipinski definition) is 5. The maximum Gasteiger partial charge on any atom is 0.326 e. The van der Waals surface area contributed by atoms with Crippen molar-refractivity contribution in [1.82, 2.24) is 10.2 Å². The Labute approximate surface area is 155 Å². The Hall–Kier alpha value is -1.99. The molecule has 0 saturated carbocycles. The zero-order valence-electron chi connectivity index (χ0n) is 13.8. The number of benzene rings is 1. The molecule has 1 fully saturated rings. The van der Waals surface area contributed by atoms with Gasteiger partial charge in [0.05, 0.1) is 5.02 Å². The van der Waals surface area contributed by atoms with Crippen LogP contribution < -0.4 is 10.1 Å². The fourth-order valence-electron chi connectivity index (χ4n) is 2.20. The largest absolute Gasteiger partial charge is 0.488 e. The summed E-state index contributed by atoms with van der Waals surface area (Å²) >= 11 is 11.7. The van der Waals surface area contributed by atoms with Crippen molar-refractivity contribution >= 4 is 41.1 Å². The van der Waals surface area contributed by atoms with Gasteiger partial charge in [-0.25, -0.2) is 4.79 Å². The van der Waals surface area contributed by atoms with Crippen molar-refractivity contribution in [2.24, 2.45) is 0 Å². The minimum atomic E-state index is -0.980. The molecule has 0 radical (unpaired) electrons. The van der Waals surface area contributed by atoms with Gasteiger partial charge in [0.2, 0.25) is 0 Å². The van der Waals surface area contributed by atoms with E-state index < -0.39 is 30.0 Å². The second-order valence-corrected chi connectivity index (χ2v) is 6.49. The molecule has 1 heterocycles. The molecule has 3 amide bonds. The number of nitrogens with one attached hydrogen (secondary N) is 1. The number of carbonyl (C=O) groups is 3. The van der Waals surface area contributed by atoms with Crippen LogP contribution in [0.4, 0.5) is 4.79 Å². The van der Waals surface area contributed by atoms with Crippen LogP contribution in [0.15, 0.2) is 18.2 Å². The van der Waals surface area contributed by atoms with E-state index in [1.54, 1.807) is 26.0 Å². The van der Waals surface area contributed by atoms with Crippen LogP contribution in [0.2, 0.25) is 10.0 Å². The van der Waals surface area contributed by atoms with Gasteiger partial charge >= 0.3 is 12.0 Å². The zero-order chi connectivity index (χ0) is 18.6. The third-order valence-corrected chi connectivity index (χ3v) is 4.37. The molecule has 0 spiro atoms. The molecule has 9 heteroatoms. The van der Waals surface area contributed by atoms with Crippen molar-refractivity contribution in [2.45, 2.75) is 25.8 Å². The zero-order valence-corrected chi connectivity index (χ0v) is 15.3. The lowest BCUT2D eigenvalue weighted by atomic mass is 9.99. The van der Waals surface area contributed by atoms with Crippen molar-refractivity contribution in [3.63, 3.8) is 0 Å². The lowest BCUT2D eigenvalue weighted by molar-refractivity contribution is -0.148. The number of urea groups is 1. The molecular formula is C16H18Cl2N2O5. The number of nitrogens with zero attached hydrogens (tertiary/aromatic N) is 1. The molecule has 1 saturated heterocycles. The molecule has 2 rings (SSSR count). The van der Waals surface area contributed by atoms with E-state index >= 15 is 0 Å². The third kappa shape index (κ3) is 4.55. The molecule has 1 unspecified atom stereocenters. The highest BCUT2D eigenvalue weighted by atomic mass is 35.5. The van der Waals surface area contributed by atoms with E-state index in [9.17, 15) is 14.4 Å². The van der Waals surface area contributed by atoms with Gasteiger partial charge in [0.15, 0.2) is 0 Å². The van der Waals surface area contributed by atoms with Crippen LogP contribution in [0.5, 0.6) is 5.75 Å². The van der Waals surface area contributed by atoms with Gasteiger partial charge in [-0.15, -0.1) is 0 Å². The number of rotatable bonds is 7. The lowest BCUT2D eigenvalue weighted by Gasteiger charge is -2.18. The minimum absolute atomic E-state index is 0.0491. The van der Waals surface area contributed by atoms with Crippen LogP contribution in [0.1, 0.15) is 20.3 Å². The summed E-state index contributed by atoms with van der Waals surface area (Å²) in [6.07, 6.45) is 0.429. The van der Waals surface area contributed by atoms with Gasteiger partial charge in [-0.1, -0.05) is 30.1 Å². The number of carbonyl (C=O) groups excluding carboxylic acids is 3. The van der Waals surface area contributed by atoms with E-state index in [1.165, 1.54) is 6.07 Å². The molecule has 1 aromatic rings. The highest BCUT2D eigenvalue weighted by Gasteiger charge is 2.47. The summed E-state index contributed by atoms with van der Waals surface area (Å²) in [5, 5.41) is 3.39. The fourth-order valence-corrected chi connectivity index (χ4v) is 2.67. The number of ether oxygens (including phenoxy) is 2. The SMILES string of the molecule is CCC1(C)NC(=O)N(CC(=O)OCCOc2ccc(Cl)cc2Cl)C1=O. The monoisotopic (exact) mass is 388 g/mol. The average molecular weight is 389 g/mol. The molecule has 7 nitrogen and oxygen atoms in total. The summed E-state index contributed by atoms with van der Waals surface area (Å²) in [6, 6.07) is 4.16. The van der Waals surface area contributed by atoms with Crippen molar-refractivity contribution in [3.8, 4) is 5.75 Å². The van der Waals surface area contributed by atoms with Gasteiger partial charge in [0.25, 0.3) is 5.91 Å². The molecular weight excluding hydrogens is 371 g/mol. The summed E-state index contributed by atoms with van der Waals surface area (Å²) in [5.41, 5.74) is -0.980. The number of amides is 3. The van der Waals surface area contributed by atoms with E-state index in [0.717, 1.165) is 4.90 Å². The van der Waals surface area contributed by atoms with Crippen molar-refractivity contribution < 1.29 is 23.9 Å². The van der Waals surface area contributed by atoms with Crippen LogP contribution in [0, 0.1) is 0 Å². The predicted octanol–water partition coefficient (Wildman–Crippen LogP) is 2.64. The number of halogens is 2. The van der Waals surface area contributed by atoms with Crippen LogP contribution >= 0.6 is 23.2 Å². The predicted molar refractivity (Wildman–Crippen MR) is 91.9 cm³/mol. The average Bonchev–Trinajstić information content (AvgIpc) is 2.77. The van der Waals surface area contributed by atoms with Gasteiger partial charge < -0.3 is 14.8 Å². The van der Waals surface area contributed by atoms with E-state index in [2.05, 4.69) is 5.32 Å². The molecule has 1 atom stereocenters. The fraction of sp³-hybridized carbons (Fsp3) is 0.438. The maximum absolute atomic E-state index is 12.2. The number of esters is 1. The van der Waals surface area contributed by atoms with Gasteiger partial charge in [-0.3, -0.25) is 14.5 Å². The highest BCUT2D eigenvalue weighted by molar-refractivity contribution is 6.35. The second-order valence-electron chi connectivity index (χ2n) is 5.65. The second kappa shape index (κ2) is 7.93. The van der Waals surface area contributed by atoms with Crippen molar-refractivity contribution in [3.05, 3.63) is 28.2 Å². The standard InChI is InChI=1S/C16H18Cl2N2O5/c1-3-16(2)14(22)20(15(23)19-16)9-13(21)25-7-6-24-12-5-4-10(17)8-11(12)18/h4-5,8H,3,6-7,9H2,1-2H3,(H,19,23). The Morgan fingerprint density at radius 1 is 1.28 bits per heavy atom. The summed E-state index contributed by atoms with van der Waals surface area (Å²) < 4.78 is 10.4. The van der Waals surface area contributed by atoms with Gasteiger partial charge in [0, 0.05) is 5.02 Å². The third-order valence-electron chi connectivity index (χ3n) is 3.84. The van der Waals surface area contributed by atoms with Crippen LogP contribution in [0.3, 0.4) is 0 Å². The Bertz CT molecular complexity index is 697. The smallest absolute Gasteiger partial charge is 0.326 e. The first kappa shape index (κ1) is 19.3. The number of imide groups is 1. The van der Waals surface area contributed by atoms with Crippen molar-refractivity contribution in [1.29, 1.82) is 0 Å². The Balaban J connectivity index is 1.78. The molecule has 0 aliphatic carbocycles. The summed E-state index contributed by atoms with van der Waals surface area (Å²) in [4.78, 5) is 36.6. The van der Waals surface area contributed by atoms with Gasteiger partial charge in [-0.05, 0) is 31.5 Å². The Kier molecular flexibility index (Phi) is 6.13. The number of hydrogen-bond donors (Lipinski definition) is 1. The van der Waals surface area contributed by atoms with Gasteiger partial charge in [0.1, 0.15) is 31.0 Å². The lowest BCUT2D eigenvalue weighted by Crippen LogP contribution is -2.43.